The Balaban J connectivity index is 0. The number of ketones is 1. The van der Waals surface area contributed by atoms with Crippen molar-refractivity contribution in [3.8, 4) is 0 Å². The number of carbonyl (C=O) groups is 1. The number of aliphatic hydroxyl groups excluding tert-OH is 1. The van der Waals surface area contributed by atoms with E-state index in [1.165, 1.54) is 97.0 Å². The van der Waals surface area contributed by atoms with Gasteiger partial charge in [0.15, 0.2) is 5.78 Å². The van der Waals surface area contributed by atoms with Crippen LogP contribution in [0.2, 0.25) is 0 Å². The minimum Gasteiger partial charge on any atom is -0.512 e. The first kappa shape index (κ1) is 25.6. The molecule has 24 heavy (non-hydrogen) atoms. The molecule has 3 heteroatoms. The van der Waals surface area contributed by atoms with E-state index >= 15 is 0 Å². The van der Waals surface area contributed by atoms with Crippen LogP contribution < -0.4 is 0 Å². The number of allylic oxidation sites excluding steroid dienone is 6. The van der Waals surface area contributed by atoms with Crippen molar-refractivity contribution in [2.75, 3.05) is 0 Å². The van der Waals surface area contributed by atoms with E-state index in [2.05, 4.69) is 24.3 Å². The number of rotatable bonds is 1. The largest absolute Gasteiger partial charge is 0.512 e. The SMILES string of the molecule is C1=C\CCCCCC/1.C1=C\CCCCCC/1.CC(=O)/C=C(/C)O.[Rh]. The molecule has 0 aromatic rings. The summed E-state index contributed by atoms with van der Waals surface area (Å²) in [7, 11) is 0. The van der Waals surface area contributed by atoms with Crippen LogP contribution in [0, 0.1) is 0 Å². The molecule has 0 aromatic carbocycles. The molecule has 0 saturated heterocycles. The second-order valence-electron chi connectivity index (χ2n) is 6.32. The van der Waals surface area contributed by atoms with E-state index in [4.69, 9.17) is 5.11 Å². The van der Waals surface area contributed by atoms with Crippen molar-refractivity contribution in [2.45, 2.75) is 90.9 Å². The molecule has 0 unspecified atom stereocenters. The van der Waals surface area contributed by atoms with Gasteiger partial charge in [0.25, 0.3) is 0 Å². The quantitative estimate of drug-likeness (QED) is 0.217. The van der Waals surface area contributed by atoms with Gasteiger partial charge in [-0.05, 0) is 65.2 Å². The number of aliphatic hydroxyl groups is 1. The first-order valence-corrected chi connectivity index (χ1v) is 9.30. The van der Waals surface area contributed by atoms with E-state index in [9.17, 15) is 4.79 Å². The van der Waals surface area contributed by atoms with Gasteiger partial charge in [-0.2, -0.15) is 0 Å². The summed E-state index contributed by atoms with van der Waals surface area (Å²) in [5, 5.41) is 8.36. The molecular formula is C21H36O2Rh. The normalized spacial score (nSPS) is 20.7. The van der Waals surface area contributed by atoms with Crippen molar-refractivity contribution in [1.29, 1.82) is 0 Å². The molecule has 1 radical (unpaired) electrons. The van der Waals surface area contributed by atoms with E-state index in [1.54, 1.807) is 0 Å². The van der Waals surface area contributed by atoms with Crippen molar-refractivity contribution < 1.29 is 29.4 Å². The fraction of sp³-hybridized carbons (Fsp3) is 0.667. The molecule has 0 spiro atoms. The fourth-order valence-electron chi connectivity index (χ4n) is 2.52. The van der Waals surface area contributed by atoms with Gasteiger partial charge in [0, 0.05) is 25.6 Å². The first-order valence-electron chi connectivity index (χ1n) is 9.30. The van der Waals surface area contributed by atoms with Crippen LogP contribution >= 0.6 is 0 Å². The summed E-state index contributed by atoms with van der Waals surface area (Å²) in [6.07, 6.45) is 27.2. The number of hydrogen-bond acceptors (Lipinski definition) is 2. The van der Waals surface area contributed by atoms with E-state index in [1.807, 2.05) is 0 Å². The predicted molar refractivity (Wildman–Crippen MR) is 101 cm³/mol. The van der Waals surface area contributed by atoms with Gasteiger partial charge in [0.1, 0.15) is 0 Å². The van der Waals surface area contributed by atoms with E-state index in [0.717, 1.165) is 0 Å². The third-order valence-electron chi connectivity index (χ3n) is 3.73. The molecule has 0 heterocycles. The summed E-state index contributed by atoms with van der Waals surface area (Å²) >= 11 is 0. The van der Waals surface area contributed by atoms with Crippen molar-refractivity contribution in [1.82, 2.24) is 0 Å². The zero-order valence-corrected chi connectivity index (χ0v) is 17.2. The third kappa shape index (κ3) is 23.6. The zero-order valence-electron chi connectivity index (χ0n) is 15.6. The summed E-state index contributed by atoms with van der Waals surface area (Å²) in [6.45, 7) is 2.85. The minimum atomic E-state index is -0.125. The average molecular weight is 423 g/mol. The monoisotopic (exact) mass is 423 g/mol. The maximum atomic E-state index is 10.0. The fourth-order valence-corrected chi connectivity index (χ4v) is 2.52. The van der Waals surface area contributed by atoms with E-state index in [0.29, 0.717) is 0 Å². The Kier molecular flexibility index (Phi) is 21.7. The molecule has 2 rings (SSSR count). The predicted octanol–water partition coefficient (Wildman–Crippen LogP) is 6.83. The zero-order chi connectivity index (χ0) is 17.2. The number of carbonyl (C=O) groups excluding carboxylic acids is 1. The van der Waals surface area contributed by atoms with Crippen LogP contribution in [0.3, 0.4) is 0 Å². The Morgan fingerprint density at radius 1 is 0.708 bits per heavy atom. The van der Waals surface area contributed by atoms with Gasteiger partial charge in [0.2, 0.25) is 0 Å². The van der Waals surface area contributed by atoms with Gasteiger partial charge in [0.05, 0.1) is 5.76 Å². The summed E-state index contributed by atoms with van der Waals surface area (Å²) in [4.78, 5) is 10.0. The molecule has 2 nitrogen and oxygen atoms in total. The molecule has 0 atom stereocenters. The molecule has 0 fully saturated rings. The van der Waals surface area contributed by atoms with Gasteiger partial charge >= 0.3 is 0 Å². The van der Waals surface area contributed by atoms with Crippen LogP contribution in [0.5, 0.6) is 0 Å². The Hall–Kier alpha value is -0.687. The molecule has 0 amide bonds. The van der Waals surface area contributed by atoms with Crippen molar-refractivity contribution in [3.63, 3.8) is 0 Å². The van der Waals surface area contributed by atoms with Gasteiger partial charge in [-0.3, -0.25) is 4.79 Å². The second kappa shape index (κ2) is 20.4. The van der Waals surface area contributed by atoms with Gasteiger partial charge in [-0.25, -0.2) is 0 Å². The van der Waals surface area contributed by atoms with Crippen molar-refractivity contribution in [2.24, 2.45) is 0 Å². The second-order valence-corrected chi connectivity index (χ2v) is 6.32. The topological polar surface area (TPSA) is 37.3 Å². The molecule has 2 aliphatic carbocycles. The maximum absolute atomic E-state index is 10.0. The summed E-state index contributed by atoms with van der Waals surface area (Å²) < 4.78 is 0. The van der Waals surface area contributed by atoms with Crippen LogP contribution in [0.4, 0.5) is 0 Å². The molecular weight excluding hydrogens is 387 g/mol. The molecule has 0 saturated carbocycles. The summed E-state index contributed by atoms with van der Waals surface area (Å²) in [5.41, 5.74) is 0. The maximum Gasteiger partial charge on any atom is 0.155 e. The summed E-state index contributed by atoms with van der Waals surface area (Å²) in [6, 6.07) is 0. The van der Waals surface area contributed by atoms with Crippen LogP contribution in [-0.4, -0.2) is 10.9 Å². The van der Waals surface area contributed by atoms with Gasteiger partial charge < -0.3 is 5.11 Å². The summed E-state index contributed by atoms with van der Waals surface area (Å²) in [5.74, 6) is -0.0625. The molecule has 0 aliphatic heterocycles. The molecule has 141 valence electrons. The number of hydrogen-bond donors (Lipinski definition) is 1. The molecule has 0 bridgehead atoms. The Bertz CT molecular complexity index is 324. The van der Waals surface area contributed by atoms with Gasteiger partial charge in [-0.15, -0.1) is 0 Å². The van der Waals surface area contributed by atoms with Crippen LogP contribution in [0.1, 0.15) is 90.9 Å². The van der Waals surface area contributed by atoms with Crippen LogP contribution in [-0.2, 0) is 24.3 Å². The van der Waals surface area contributed by atoms with E-state index < -0.39 is 0 Å². The van der Waals surface area contributed by atoms with Crippen LogP contribution in [0.25, 0.3) is 0 Å². The minimum absolute atomic E-state index is 0. The molecule has 1 N–H and O–H groups in total. The van der Waals surface area contributed by atoms with E-state index in [-0.39, 0.29) is 31.0 Å². The van der Waals surface area contributed by atoms with Crippen molar-refractivity contribution >= 4 is 5.78 Å². The van der Waals surface area contributed by atoms with Gasteiger partial charge in [-0.1, -0.05) is 50.0 Å². The van der Waals surface area contributed by atoms with Crippen LogP contribution in [0.15, 0.2) is 36.1 Å². The first-order chi connectivity index (χ1) is 11.1. The Morgan fingerprint density at radius 3 is 1.17 bits per heavy atom. The third-order valence-corrected chi connectivity index (χ3v) is 3.73. The smallest absolute Gasteiger partial charge is 0.155 e. The average Bonchev–Trinajstić information content (AvgIpc) is 2.36. The molecule has 2 aliphatic rings. The standard InChI is InChI=1S/2C8H14.C5H8O2.Rh/c2*1-2-4-6-8-7-5-3-1;1-4(6)3-5(2)7;/h2*1-2H,3-8H2;3,6H,1-2H3;/b2*2-1-;4-3-;. The van der Waals surface area contributed by atoms with Crippen molar-refractivity contribution in [3.05, 3.63) is 36.1 Å². The Morgan fingerprint density at radius 2 is 1.00 bits per heavy atom. The molecule has 0 aromatic heterocycles. The Labute approximate surface area is 162 Å².